The second-order valence-electron chi connectivity index (χ2n) is 5.67. The first kappa shape index (κ1) is 12.7. The molecule has 1 aromatic rings. The van der Waals surface area contributed by atoms with E-state index < -0.39 is 0 Å². The Bertz CT molecular complexity index is 477. The van der Waals surface area contributed by atoms with E-state index in [0.29, 0.717) is 5.56 Å². The van der Waals surface area contributed by atoms with Crippen molar-refractivity contribution in [2.75, 3.05) is 6.61 Å². The van der Waals surface area contributed by atoms with E-state index in [1.54, 1.807) is 6.92 Å². The van der Waals surface area contributed by atoms with Crippen molar-refractivity contribution in [2.45, 2.75) is 50.7 Å². The van der Waals surface area contributed by atoms with Crippen LogP contribution in [0.15, 0.2) is 24.3 Å². The lowest BCUT2D eigenvalue weighted by molar-refractivity contribution is -0.153. The van der Waals surface area contributed by atoms with Crippen LogP contribution in [0.25, 0.3) is 0 Å². The second kappa shape index (κ2) is 4.97. The summed E-state index contributed by atoms with van der Waals surface area (Å²) in [6, 6.07) is 7.51. The van der Waals surface area contributed by atoms with Gasteiger partial charge in [-0.1, -0.05) is 12.1 Å². The molecular weight excluding hydrogens is 240 g/mol. The Morgan fingerprint density at radius 2 is 2.16 bits per heavy atom. The number of Topliss-reactive ketones (excluding diaryl/α,β-unsaturated/α-hetero) is 1. The van der Waals surface area contributed by atoms with Crippen molar-refractivity contribution in [2.24, 2.45) is 0 Å². The molecule has 3 nitrogen and oxygen atoms in total. The number of hydrogen-bond acceptors (Lipinski definition) is 3. The van der Waals surface area contributed by atoms with E-state index in [0.717, 1.165) is 38.0 Å². The van der Waals surface area contributed by atoms with Gasteiger partial charge >= 0.3 is 0 Å². The monoisotopic (exact) mass is 260 g/mol. The largest absolute Gasteiger partial charge is 0.489 e. The fourth-order valence-electron chi connectivity index (χ4n) is 3.04. The van der Waals surface area contributed by atoms with E-state index in [2.05, 4.69) is 0 Å². The van der Waals surface area contributed by atoms with Crippen LogP contribution >= 0.6 is 0 Å². The highest BCUT2D eigenvalue weighted by Crippen LogP contribution is 2.43. The van der Waals surface area contributed by atoms with Crippen molar-refractivity contribution < 1.29 is 14.3 Å². The van der Waals surface area contributed by atoms with Crippen molar-refractivity contribution in [3.05, 3.63) is 29.8 Å². The molecule has 2 fully saturated rings. The van der Waals surface area contributed by atoms with Crippen LogP contribution in [0.5, 0.6) is 5.75 Å². The molecule has 102 valence electrons. The lowest BCUT2D eigenvalue weighted by Gasteiger charge is -2.47. The van der Waals surface area contributed by atoms with Gasteiger partial charge in [-0.15, -0.1) is 0 Å². The highest BCUT2D eigenvalue weighted by Gasteiger charge is 2.43. The number of para-hydroxylation sites is 1. The minimum atomic E-state index is 0.0565. The minimum Gasteiger partial charge on any atom is -0.489 e. The van der Waals surface area contributed by atoms with E-state index >= 15 is 0 Å². The summed E-state index contributed by atoms with van der Waals surface area (Å²) in [5, 5.41) is 0. The number of ketones is 1. The van der Waals surface area contributed by atoms with Gasteiger partial charge in [-0.2, -0.15) is 0 Å². The Hall–Kier alpha value is -1.35. The standard InChI is InChI=1S/C16H20O3/c1-12(17)14-5-2-3-6-15(14)19-13-7-10-18-16(11-13)8-4-9-16/h2-3,5-6,13H,4,7-11H2,1H3. The van der Waals surface area contributed by atoms with E-state index in [-0.39, 0.29) is 17.5 Å². The average Bonchev–Trinajstić information content (AvgIpc) is 2.37. The zero-order valence-corrected chi connectivity index (χ0v) is 11.4. The van der Waals surface area contributed by atoms with E-state index in [1.807, 2.05) is 24.3 Å². The molecule has 1 saturated carbocycles. The summed E-state index contributed by atoms with van der Waals surface area (Å²) in [5.41, 5.74) is 0.755. The SMILES string of the molecule is CC(=O)c1ccccc1OC1CCOC2(CCC2)C1. The van der Waals surface area contributed by atoms with Crippen LogP contribution in [0, 0.1) is 0 Å². The Morgan fingerprint density at radius 3 is 2.84 bits per heavy atom. The van der Waals surface area contributed by atoms with Gasteiger partial charge in [0.1, 0.15) is 11.9 Å². The fourth-order valence-corrected chi connectivity index (χ4v) is 3.04. The van der Waals surface area contributed by atoms with E-state index in [9.17, 15) is 4.79 Å². The molecule has 2 aliphatic rings. The van der Waals surface area contributed by atoms with E-state index in [4.69, 9.17) is 9.47 Å². The molecule has 1 aromatic carbocycles. The number of hydrogen-bond donors (Lipinski definition) is 0. The summed E-state index contributed by atoms with van der Waals surface area (Å²) in [6.45, 7) is 2.35. The highest BCUT2D eigenvalue weighted by atomic mass is 16.5. The average molecular weight is 260 g/mol. The molecule has 3 rings (SSSR count). The van der Waals surface area contributed by atoms with Crippen LogP contribution in [0.3, 0.4) is 0 Å². The maximum Gasteiger partial charge on any atom is 0.163 e. The van der Waals surface area contributed by atoms with Crippen LogP contribution in [0.4, 0.5) is 0 Å². The lowest BCUT2D eigenvalue weighted by atomic mass is 9.74. The summed E-state index contributed by atoms with van der Waals surface area (Å²) < 4.78 is 12.0. The van der Waals surface area contributed by atoms with Crippen molar-refractivity contribution >= 4 is 5.78 Å². The predicted octanol–water partition coefficient (Wildman–Crippen LogP) is 3.37. The maximum absolute atomic E-state index is 11.6. The summed E-state index contributed by atoms with van der Waals surface area (Å²) in [4.78, 5) is 11.6. The quantitative estimate of drug-likeness (QED) is 0.782. The molecule has 1 unspecified atom stereocenters. The molecule has 19 heavy (non-hydrogen) atoms. The maximum atomic E-state index is 11.6. The van der Waals surface area contributed by atoms with Gasteiger partial charge in [-0.3, -0.25) is 4.79 Å². The topological polar surface area (TPSA) is 35.5 Å². The highest BCUT2D eigenvalue weighted by molar-refractivity contribution is 5.96. The summed E-state index contributed by atoms with van der Waals surface area (Å²) >= 11 is 0. The molecule has 1 aliphatic carbocycles. The first-order chi connectivity index (χ1) is 9.19. The molecule has 0 N–H and O–H groups in total. The third-order valence-electron chi connectivity index (χ3n) is 4.27. The van der Waals surface area contributed by atoms with Gasteiger partial charge in [0.2, 0.25) is 0 Å². The Balaban J connectivity index is 1.72. The second-order valence-corrected chi connectivity index (χ2v) is 5.67. The van der Waals surface area contributed by atoms with Gasteiger partial charge in [0.15, 0.2) is 5.78 Å². The first-order valence-corrected chi connectivity index (χ1v) is 7.09. The number of carbonyl (C=O) groups is 1. The van der Waals surface area contributed by atoms with Crippen molar-refractivity contribution in [1.29, 1.82) is 0 Å². The van der Waals surface area contributed by atoms with Gasteiger partial charge in [-0.25, -0.2) is 0 Å². The van der Waals surface area contributed by atoms with Crippen LogP contribution in [0.1, 0.15) is 49.4 Å². The number of rotatable bonds is 3. The van der Waals surface area contributed by atoms with Crippen molar-refractivity contribution in [1.82, 2.24) is 0 Å². The first-order valence-electron chi connectivity index (χ1n) is 7.09. The van der Waals surface area contributed by atoms with Gasteiger partial charge in [-0.05, 0) is 38.3 Å². The molecule has 0 aromatic heterocycles. The van der Waals surface area contributed by atoms with E-state index in [1.165, 1.54) is 6.42 Å². The zero-order chi connectivity index (χ0) is 13.3. The smallest absolute Gasteiger partial charge is 0.163 e. The summed E-state index contributed by atoms with van der Waals surface area (Å²) in [5.74, 6) is 0.775. The zero-order valence-electron chi connectivity index (χ0n) is 11.4. The molecule has 0 bridgehead atoms. The molecular formula is C16H20O3. The molecule has 1 atom stereocenters. The Labute approximate surface area is 113 Å². The van der Waals surface area contributed by atoms with Gasteiger partial charge in [0.05, 0.1) is 17.8 Å². The molecule has 1 spiro atoms. The Morgan fingerprint density at radius 1 is 1.37 bits per heavy atom. The summed E-state index contributed by atoms with van der Waals surface area (Å²) in [7, 11) is 0. The van der Waals surface area contributed by atoms with Crippen molar-refractivity contribution in [3.8, 4) is 5.75 Å². The van der Waals surface area contributed by atoms with Crippen LogP contribution in [-0.2, 0) is 4.74 Å². The lowest BCUT2D eigenvalue weighted by Crippen LogP contribution is -2.48. The minimum absolute atomic E-state index is 0.0565. The molecule has 1 aliphatic heterocycles. The molecule has 1 saturated heterocycles. The molecule has 0 radical (unpaired) electrons. The molecule has 0 amide bonds. The van der Waals surface area contributed by atoms with Gasteiger partial charge < -0.3 is 9.47 Å². The molecule has 3 heteroatoms. The van der Waals surface area contributed by atoms with Crippen LogP contribution < -0.4 is 4.74 Å². The van der Waals surface area contributed by atoms with Crippen molar-refractivity contribution in [3.63, 3.8) is 0 Å². The molecule has 1 heterocycles. The normalized spacial score (nSPS) is 24.8. The number of carbonyl (C=O) groups excluding carboxylic acids is 1. The number of ether oxygens (including phenoxy) is 2. The Kier molecular flexibility index (Phi) is 3.31. The third-order valence-corrected chi connectivity index (χ3v) is 4.27. The third kappa shape index (κ3) is 2.52. The fraction of sp³-hybridized carbons (Fsp3) is 0.562. The van der Waals surface area contributed by atoms with Gasteiger partial charge in [0, 0.05) is 12.8 Å². The van der Waals surface area contributed by atoms with Crippen LogP contribution in [-0.4, -0.2) is 24.1 Å². The summed E-state index contributed by atoms with van der Waals surface area (Å²) in [6.07, 6.45) is 5.61. The number of benzene rings is 1. The van der Waals surface area contributed by atoms with Gasteiger partial charge in [0.25, 0.3) is 0 Å². The predicted molar refractivity (Wildman–Crippen MR) is 72.6 cm³/mol. The van der Waals surface area contributed by atoms with Crippen LogP contribution in [0.2, 0.25) is 0 Å².